The fourth-order valence-corrected chi connectivity index (χ4v) is 1.89. The standard InChI is InChI=1S/C11H21Cl2N/c1-10(2,3)8-11(4,5)14-7-9(13)6-12/h6,14H,7-8H2,1-5H3. The zero-order valence-corrected chi connectivity index (χ0v) is 11.3. The van der Waals surface area contributed by atoms with Crippen LogP contribution in [0.1, 0.15) is 41.0 Å². The summed E-state index contributed by atoms with van der Waals surface area (Å²) in [6, 6.07) is 0. The summed E-state index contributed by atoms with van der Waals surface area (Å²) in [5.74, 6) is 0. The van der Waals surface area contributed by atoms with Crippen molar-refractivity contribution in [2.24, 2.45) is 5.41 Å². The molecule has 0 radical (unpaired) electrons. The normalized spacial score (nSPS) is 14.6. The van der Waals surface area contributed by atoms with Crippen molar-refractivity contribution in [2.75, 3.05) is 6.54 Å². The van der Waals surface area contributed by atoms with Crippen molar-refractivity contribution < 1.29 is 0 Å². The number of hydrogen-bond donors (Lipinski definition) is 1. The molecule has 1 nitrogen and oxygen atoms in total. The minimum atomic E-state index is 0.0816. The van der Waals surface area contributed by atoms with Gasteiger partial charge in [-0.05, 0) is 25.7 Å². The molecule has 0 aromatic carbocycles. The molecule has 0 atom stereocenters. The van der Waals surface area contributed by atoms with E-state index in [9.17, 15) is 0 Å². The second kappa shape index (κ2) is 5.39. The van der Waals surface area contributed by atoms with E-state index in [4.69, 9.17) is 23.2 Å². The minimum Gasteiger partial charge on any atom is -0.307 e. The SMILES string of the molecule is CC(C)(C)CC(C)(C)NCC(Cl)=CCl. The van der Waals surface area contributed by atoms with Gasteiger partial charge in [0.05, 0.1) is 0 Å². The van der Waals surface area contributed by atoms with E-state index in [1.54, 1.807) is 0 Å². The van der Waals surface area contributed by atoms with E-state index in [2.05, 4.69) is 39.9 Å². The van der Waals surface area contributed by atoms with Crippen LogP contribution in [-0.4, -0.2) is 12.1 Å². The smallest absolute Gasteiger partial charge is 0.0432 e. The fourth-order valence-electron chi connectivity index (χ4n) is 1.75. The predicted molar refractivity (Wildman–Crippen MR) is 65.9 cm³/mol. The summed E-state index contributed by atoms with van der Waals surface area (Å²) in [4.78, 5) is 0. The van der Waals surface area contributed by atoms with Crippen molar-refractivity contribution in [1.82, 2.24) is 5.32 Å². The van der Waals surface area contributed by atoms with Crippen LogP contribution in [-0.2, 0) is 0 Å². The topological polar surface area (TPSA) is 12.0 Å². The molecule has 0 saturated heterocycles. The van der Waals surface area contributed by atoms with Crippen molar-refractivity contribution in [2.45, 2.75) is 46.6 Å². The van der Waals surface area contributed by atoms with Crippen molar-refractivity contribution in [3.05, 3.63) is 10.6 Å². The van der Waals surface area contributed by atoms with Crippen LogP contribution in [0.4, 0.5) is 0 Å². The quantitative estimate of drug-likeness (QED) is 0.777. The van der Waals surface area contributed by atoms with Crippen LogP contribution in [0.2, 0.25) is 0 Å². The Morgan fingerprint density at radius 1 is 1.21 bits per heavy atom. The van der Waals surface area contributed by atoms with E-state index in [1.807, 2.05) is 0 Å². The Bertz CT molecular complexity index is 202. The molecule has 0 rings (SSSR count). The first-order valence-electron chi connectivity index (χ1n) is 4.86. The van der Waals surface area contributed by atoms with Crippen molar-refractivity contribution in [1.29, 1.82) is 0 Å². The minimum absolute atomic E-state index is 0.0816. The Balaban J connectivity index is 4.08. The Morgan fingerprint density at radius 2 is 1.71 bits per heavy atom. The summed E-state index contributed by atoms with van der Waals surface area (Å²) in [5, 5.41) is 4.03. The maximum Gasteiger partial charge on any atom is 0.0432 e. The van der Waals surface area contributed by atoms with Gasteiger partial charge in [-0.25, -0.2) is 0 Å². The monoisotopic (exact) mass is 237 g/mol. The Kier molecular flexibility index (Phi) is 5.50. The van der Waals surface area contributed by atoms with Crippen LogP contribution >= 0.6 is 23.2 Å². The molecule has 14 heavy (non-hydrogen) atoms. The molecular formula is C11H21Cl2N. The van der Waals surface area contributed by atoms with Crippen LogP contribution in [0.3, 0.4) is 0 Å². The molecule has 0 bridgehead atoms. The van der Waals surface area contributed by atoms with Gasteiger partial charge in [0.25, 0.3) is 0 Å². The Hall–Kier alpha value is 0.280. The van der Waals surface area contributed by atoms with Crippen molar-refractivity contribution in [3.8, 4) is 0 Å². The number of hydrogen-bond acceptors (Lipinski definition) is 1. The zero-order chi connectivity index (χ0) is 11.4. The third kappa shape index (κ3) is 7.66. The average molecular weight is 238 g/mol. The summed E-state index contributed by atoms with van der Waals surface area (Å²) < 4.78 is 0. The van der Waals surface area contributed by atoms with Gasteiger partial charge < -0.3 is 5.32 Å². The van der Waals surface area contributed by atoms with Gasteiger partial charge in [0.2, 0.25) is 0 Å². The Labute approximate surface area is 97.9 Å². The van der Waals surface area contributed by atoms with Crippen LogP contribution < -0.4 is 5.32 Å². The summed E-state index contributed by atoms with van der Waals surface area (Å²) in [5.41, 5.74) is 1.80. The molecule has 0 aliphatic heterocycles. The third-order valence-corrected chi connectivity index (χ3v) is 2.44. The molecule has 0 aromatic rings. The molecule has 0 unspecified atom stereocenters. The van der Waals surface area contributed by atoms with Gasteiger partial charge >= 0.3 is 0 Å². The van der Waals surface area contributed by atoms with Gasteiger partial charge in [-0.3, -0.25) is 0 Å². The lowest BCUT2D eigenvalue weighted by Gasteiger charge is -2.33. The molecule has 0 amide bonds. The van der Waals surface area contributed by atoms with Gasteiger partial charge in [0, 0.05) is 22.7 Å². The Morgan fingerprint density at radius 3 is 2.07 bits per heavy atom. The van der Waals surface area contributed by atoms with Crippen LogP contribution in [0.25, 0.3) is 0 Å². The van der Waals surface area contributed by atoms with Crippen molar-refractivity contribution >= 4 is 23.2 Å². The first kappa shape index (κ1) is 14.3. The lowest BCUT2D eigenvalue weighted by atomic mass is 9.82. The third-order valence-electron chi connectivity index (χ3n) is 1.83. The van der Waals surface area contributed by atoms with Crippen LogP contribution in [0.5, 0.6) is 0 Å². The highest BCUT2D eigenvalue weighted by Gasteiger charge is 2.24. The van der Waals surface area contributed by atoms with Crippen LogP contribution in [0.15, 0.2) is 10.6 Å². The van der Waals surface area contributed by atoms with Gasteiger partial charge in [0.15, 0.2) is 0 Å². The van der Waals surface area contributed by atoms with E-state index in [0.29, 0.717) is 17.0 Å². The largest absolute Gasteiger partial charge is 0.307 e. The molecule has 0 aliphatic carbocycles. The summed E-state index contributed by atoms with van der Waals surface area (Å²) in [7, 11) is 0. The van der Waals surface area contributed by atoms with E-state index in [0.717, 1.165) is 6.42 Å². The maximum atomic E-state index is 5.81. The van der Waals surface area contributed by atoms with E-state index >= 15 is 0 Å². The molecule has 0 heterocycles. The molecule has 84 valence electrons. The maximum absolute atomic E-state index is 5.81. The van der Waals surface area contributed by atoms with Gasteiger partial charge in [-0.1, -0.05) is 44.0 Å². The molecule has 0 fully saturated rings. The molecule has 3 heteroatoms. The first-order valence-corrected chi connectivity index (χ1v) is 5.67. The summed E-state index contributed by atoms with van der Waals surface area (Å²) in [6.45, 7) is 11.7. The van der Waals surface area contributed by atoms with Crippen LogP contribution in [0, 0.1) is 5.41 Å². The molecule has 0 saturated carbocycles. The average Bonchev–Trinajstić information content (AvgIpc) is 1.96. The lowest BCUT2D eigenvalue weighted by molar-refractivity contribution is 0.248. The van der Waals surface area contributed by atoms with E-state index in [1.165, 1.54) is 5.54 Å². The highest BCUT2D eigenvalue weighted by atomic mass is 35.5. The zero-order valence-electron chi connectivity index (χ0n) is 9.75. The predicted octanol–water partition coefficient (Wildman–Crippen LogP) is 4.11. The van der Waals surface area contributed by atoms with Gasteiger partial charge in [-0.15, -0.1) is 0 Å². The summed E-state index contributed by atoms with van der Waals surface area (Å²) in [6.07, 6.45) is 1.09. The first-order chi connectivity index (χ1) is 6.16. The molecular weight excluding hydrogens is 217 g/mol. The van der Waals surface area contributed by atoms with Crippen molar-refractivity contribution in [3.63, 3.8) is 0 Å². The lowest BCUT2D eigenvalue weighted by Crippen LogP contribution is -2.42. The molecule has 1 N–H and O–H groups in total. The van der Waals surface area contributed by atoms with E-state index in [-0.39, 0.29) is 5.54 Å². The fraction of sp³-hybridized carbons (Fsp3) is 0.818. The number of rotatable bonds is 4. The molecule has 0 aliphatic rings. The highest BCUT2D eigenvalue weighted by Crippen LogP contribution is 2.26. The molecule has 0 spiro atoms. The van der Waals surface area contributed by atoms with Gasteiger partial charge in [0.1, 0.15) is 0 Å². The van der Waals surface area contributed by atoms with E-state index < -0.39 is 0 Å². The number of halogens is 2. The van der Waals surface area contributed by atoms with Gasteiger partial charge in [-0.2, -0.15) is 0 Å². The summed E-state index contributed by atoms with van der Waals surface area (Å²) >= 11 is 11.3. The highest BCUT2D eigenvalue weighted by molar-refractivity contribution is 6.36. The second-order valence-electron chi connectivity index (χ2n) is 5.53. The molecule has 0 aromatic heterocycles. The number of nitrogens with one attached hydrogen (secondary N) is 1. The second-order valence-corrected chi connectivity index (χ2v) is 6.23.